The Balaban J connectivity index is 1.32. The van der Waals surface area contributed by atoms with Crippen LogP contribution in [0.25, 0.3) is 10.9 Å². The number of nitrogens with zero attached hydrogens (tertiary/aromatic N) is 1. The van der Waals surface area contributed by atoms with E-state index in [0.29, 0.717) is 25.3 Å². The second-order valence-electron chi connectivity index (χ2n) is 6.53. The van der Waals surface area contributed by atoms with Gasteiger partial charge >= 0.3 is 0 Å². The van der Waals surface area contributed by atoms with E-state index in [0.717, 1.165) is 29.6 Å². The molecule has 0 aliphatic heterocycles. The third kappa shape index (κ3) is 5.20. The lowest BCUT2D eigenvalue weighted by Crippen LogP contribution is -2.32. The third-order valence-electron chi connectivity index (χ3n) is 4.49. The van der Waals surface area contributed by atoms with Crippen LogP contribution in [0.2, 0.25) is 0 Å². The Morgan fingerprint density at radius 3 is 2.64 bits per heavy atom. The lowest BCUT2D eigenvalue weighted by atomic mass is 10.2. The number of amides is 1. The number of aromatic nitrogens is 1. The molecule has 0 aliphatic rings. The summed E-state index contributed by atoms with van der Waals surface area (Å²) in [6.07, 6.45) is 0.859. The second kappa shape index (κ2) is 9.71. The van der Waals surface area contributed by atoms with Crippen LogP contribution in [-0.4, -0.2) is 36.7 Å². The molecule has 0 aliphatic carbocycles. The van der Waals surface area contributed by atoms with Crippen LogP contribution in [0.1, 0.15) is 16.8 Å². The van der Waals surface area contributed by atoms with Gasteiger partial charge in [-0.3, -0.25) is 9.59 Å². The lowest BCUT2D eigenvalue weighted by Gasteiger charge is -2.10. The predicted octanol–water partition coefficient (Wildman–Crippen LogP) is 2.33. The van der Waals surface area contributed by atoms with Crippen molar-refractivity contribution in [1.82, 2.24) is 15.2 Å². The quantitative estimate of drug-likeness (QED) is 0.560. The van der Waals surface area contributed by atoms with Crippen LogP contribution >= 0.6 is 0 Å². The number of pyridine rings is 1. The first kappa shape index (κ1) is 19.6. The van der Waals surface area contributed by atoms with Gasteiger partial charge in [-0.25, -0.2) is 0 Å². The molecule has 28 heavy (non-hydrogen) atoms. The minimum absolute atomic E-state index is 0.0211. The summed E-state index contributed by atoms with van der Waals surface area (Å²) in [6.45, 7) is 2.70. The van der Waals surface area contributed by atoms with Gasteiger partial charge in [0.1, 0.15) is 5.75 Å². The fourth-order valence-electron chi connectivity index (χ4n) is 2.92. The van der Waals surface area contributed by atoms with E-state index < -0.39 is 0 Å². The molecule has 0 radical (unpaired) electrons. The zero-order chi connectivity index (χ0) is 19.8. The first-order valence-electron chi connectivity index (χ1n) is 9.42. The highest BCUT2D eigenvalue weighted by Gasteiger charge is 2.03. The Kier molecular flexibility index (Phi) is 6.81. The molecule has 0 saturated carbocycles. The van der Waals surface area contributed by atoms with Crippen molar-refractivity contribution in [3.63, 3.8) is 0 Å². The van der Waals surface area contributed by atoms with E-state index in [1.165, 1.54) is 0 Å². The maximum absolute atomic E-state index is 11.9. The first-order chi connectivity index (χ1) is 13.6. The van der Waals surface area contributed by atoms with Gasteiger partial charge in [0, 0.05) is 37.2 Å². The topological polar surface area (TPSA) is 72.4 Å². The van der Waals surface area contributed by atoms with Crippen LogP contribution in [0.3, 0.4) is 0 Å². The Hall–Kier alpha value is -3.12. The van der Waals surface area contributed by atoms with Gasteiger partial charge in [0.2, 0.25) is 0 Å². The van der Waals surface area contributed by atoms with E-state index in [2.05, 4.69) is 10.6 Å². The number of rotatable bonds is 9. The van der Waals surface area contributed by atoms with Gasteiger partial charge in [0.25, 0.3) is 11.5 Å². The minimum Gasteiger partial charge on any atom is -0.494 e. The smallest absolute Gasteiger partial charge is 0.251 e. The predicted molar refractivity (Wildman–Crippen MR) is 111 cm³/mol. The molecule has 2 N–H and O–H groups in total. The maximum Gasteiger partial charge on any atom is 0.251 e. The highest BCUT2D eigenvalue weighted by molar-refractivity contribution is 5.94. The molecule has 2 aromatic carbocycles. The van der Waals surface area contributed by atoms with Crippen molar-refractivity contribution < 1.29 is 9.53 Å². The van der Waals surface area contributed by atoms with Gasteiger partial charge in [0.05, 0.1) is 12.1 Å². The summed E-state index contributed by atoms with van der Waals surface area (Å²) >= 11 is 0. The summed E-state index contributed by atoms with van der Waals surface area (Å²) in [5.41, 5.74) is 1.54. The van der Waals surface area contributed by atoms with Crippen LogP contribution < -0.4 is 20.9 Å². The van der Waals surface area contributed by atoms with Crippen LogP contribution in [-0.2, 0) is 7.05 Å². The fraction of sp³-hybridized carbons (Fsp3) is 0.273. The molecule has 3 rings (SSSR count). The highest BCUT2D eigenvalue weighted by Crippen LogP contribution is 2.19. The number of carbonyl (C=O) groups excluding carboxylic acids is 1. The molecule has 0 bridgehead atoms. The van der Waals surface area contributed by atoms with E-state index >= 15 is 0 Å². The third-order valence-corrected chi connectivity index (χ3v) is 4.49. The van der Waals surface area contributed by atoms with Crippen molar-refractivity contribution in [2.24, 2.45) is 7.05 Å². The van der Waals surface area contributed by atoms with E-state index in [9.17, 15) is 9.59 Å². The van der Waals surface area contributed by atoms with Crippen LogP contribution in [0.4, 0.5) is 0 Å². The largest absolute Gasteiger partial charge is 0.494 e. The molecule has 0 atom stereocenters. The molecule has 0 unspecified atom stereocenters. The summed E-state index contributed by atoms with van der Waals surface area (Å²) in [5.74, 6) is 0.737. The summed E-state index contributed by atoms with van der Waals surface area (Å²) in [5, 5.41) is 7.15. The number of ether oxygens (including phenoxy) is 1. The molecular formula is C22H25N3O3. The molecule has 0 saturated heterocycles. The van der Waals surface area contributed by atoms with Gasteiger partial charge in [0.15, 0.2) is 0 Å². The number of nitrogens with one attached hydrogen (secondary N) is 2. The molecule has 3 aromatic rings. The van der Waals surface area contributed by atoms with Crippen molar-refractivity contribution >= 4 is 16.8 Å². The number of hydrogen-bond acceptors (Lipinski definition) is 4. The molecule has 1 aromatic heterocycles. The molecule has 6 heteroatoms. The summed E-state index contributed by atoms with van der Waals surface area (Å²) in [7, 11) is 1.76. The summed E-state index contributed by atoms with van der Waals surface area (Å²) < 4.78 is 7.41. The Morgan fingerprint density at radius 1 is 1.00 bits per heavy atom. The summed E-state index contributed by atoms with van der Waals surface area (Å²) in [4.78, 5) is 23.5. The lowest BCUT2D eigenvalue weighted by molar-refractivity contribution is 0.0954. The van der Waals surface area contributed by atoms with Crippen molar-refractivity contribution in [3.05, 3.63) is 76.6 Å². The zero-order valence-electron chi connectivity index (χ0n) is 16.0. The van der Waals surface area contributed by atoms with Gasteiger partial charge in [-0.05, 0) is 49.4 Å². The average Bonchev–Trinajstić information content (AvgIpc) is 2.73. The second-order valence-corrected chi connectivity index (χ2v) is 6.53. The fourth-order valence-corrected chi connectivity index (χ4v) is 2.92. The molecule has 1 amide bonds. The van der Waals surface area contributed by atoms with Crippen LogP contribution in [0, 0.1) is 0 Å². The van der Waals surface area contributed by atoms with E-state index in [1.54, 1.807) is 29.8 Å². The van der Waals surface area contributed by atoms with Gasteiger partial charge in [-0.2, -0.15) is 0 Å². The highest BCUT2D eigenvalue weighted by atomic mass is 16.5. The number of aryl methyl sites for hydroxylation is 1. The van der Waals surface area contributed by atoms with E-state index in [-0.39, 0.29) is 11.5 Å². The monoisotopic (exact) mass is 379 g/mol. The normalized spacial score (nSPS) is 10.8. The number of benzene rings is 2. The molecule has 0 fully saturated rings. The van der Waals surface area contributed by atoms with Crippen molar-refractivity contribution in [2.45, 2.75) is 6.42 Å². The van der Waals surface area contributed by atoms with Gasteiger partial charge in [-0.1, -0.05) is 18.2 Å². The molecule has 146 valence electrons. The molecule has 0 spiro atoms. The maximum atomic E-state index is 11.9. The van der Waals surface area contributed by atoms with E-state index in [1.807, 2.05) is 42.5 Å². The van der Waals surface area contributed by atoms with Crippen molar-refractivity contribution in [1.29, 1.82) is 0 Å². The minimum atomic E-state index is -0.0560. The van der Waals surface area contributed by atoms with Crippen LogP contribution in [0.5, 0.6) is 5.75 Å². The molecule has 1 heterocycles. The Labute approximate surface area is 164 Å². The van der Waals surface area contributed by atoms with Gasteiger partial charge < -0.3 is 19.9 Å². The van der Waals surface area contributed by atoms with Crippen LogP contribution in [0.15, 0.2) is 65.5 Å². The Bertz CT molecular complexity index is 983. The molecule has 6 nitrogen and oxygen atoms in total. The molecular weight excluding hydrogens is 354 g/mol. The van der Waals surface area contributed by atoms with Crippen molar-refractivity contribution in [3.8, 4) is 5.75 Å². The first-order valence-corrected chi connectivity index (χ1v) is 9.42. The number of fused-ring (bicyclic) bond motifs is 1. The number of hydrogen-bond donors (Lipinski definition) is 2. The Morgan fingerprint density at radius 2 is 1.82 bits per heavy atom. The average molecular weight is 379 g/mol. The van der Waals surface area contributed by atoms with E-state index in [4.69, 9.17) is 4.74 Å². The SMILES string of the molecule is Cn1c(=O)ccc2cc(OCCCNCCNC(=O)c3ccccc3)ccc21. The standard InChI is InChI=1S/C22H25N3O3/c1-25-20-10-9-19(16-18(20)8-11-21(25)26)28-15-5-12-23-13-14-24-22(27)17-6-3-2-4-7-17/h2-4,6-11,16,23H,5,12-15H2,1H3,(H,24,27). The summed E-state index contributed by atoms with van der Waals surface area (Å²) in [6, 6.07) is 18.3. The number of carbonyl (C=O) groups is 1. The zero-order valence-corrected chi connectivity index (χ0v) is 16.0. The van der Waals surface area contributed by atoms with Crippen molar-refractivity contribution in [2.75, 3.05) is 26.2 Å². The van der Waals surface area contributed by atoms with Gasteiger partial charge in [-0.15, -0.1) is 0 Å².